The maximum atomic E-state index is 12.2. The van der Waals surface area contributed by atoms with Crippen LogP contribution in [0.25, 0.3) is 0 Å². The molecule has 1 aromatic rings. The van der Waals surface area contributed by atoms with E-state index in [1.54, 1.807) is 31.2 Å². The molecule has 0 aromatic heterocycles. The smallest absolute Gasteiger partial charge is 0.335 e. The average molecular weight is 781 g/mol. The van der Waals surface area contributed by atoms with Crippen molar-refractivity contribution in [2.24, 2.45) is 0 Å². The number of ether oxygens (including phenoxy) is 2. The first-order valence-corrected chi connectivity index (χ1v) is 23.9. The van der Waals surface area contributed by atoms with Crippen LogP contribution in [0.3, 0.4) is 0 Å². The van der Waals surface area contributed by atoms with Crippen LogP contribution in [0.2, 0.25) is 0 Å². The van der Waals surface area contributed by atoms with Crippen molar-refractivity contribution >= 4 is 11.8 Å². The molecule has 1 aliphatic rings. The molecule has 0 bridgehead atoms. The third-order valence-corrected chi connectivity index (χ3v) is 11.4. The van der Waals surface area contributed by atoms with Gasteiger partial charge in [-0.2, -0.15) is 0 Å². The molecule has 1 aromatic carbocycles. The van der Waals surface area contributed by atoms with Crippen LogP contribution in [0.5, 0.6) is 5.75 Å². The number of carbonyl (C=O) groups is 2. The highest BCUT2D eigenvalue weighted by atomic mass is 16.5. The van der Waals surface area contributed by atoms with Crippen molar-refractivity contribution < 1.29 is 24.2 Å². The van der Waals surface area contributed by atoms with Gasteiger partial charge in [-0.3, -0.25) is 4.79 Å². The van der Waals surface area contributed by atoms with Crippen LogP contribution in [0, 0.1) is 0 Å². The molecule has 1 N–H and O–H groups in total. The number of hydrogen-bond donors (Lipinski definition) is 1. The fraction of sp³-hybridized carbons (Fsp3) is 0.765. The van der Waals surface area contributed by atoms with E-state index in [2.05, 4.69) is 20.8 Å². The summed E-state index contributed by atoms with van der Waals surface area (Å²) in [6.07, 6.45) is 50.5. The molecule has 0 spiro atoms. The lowest BCUT2D eigenvalue weighted by atomic mass is 9.90. The van der Waals surface area contributed by atoms with Crippen molar-refractivity contribution in [2.45, 2.75) is 245 Å². The minimum absolute atomic E-state index is 0.129. The van der Waals surface area contributed by atoms with Crippen LogP contribution in [0.15, 0.2) is 48.6 Å². The lowest BCUT2D eigenvalue weighted by Crippen LogP contribution is -2.42. The van der Waals surface area contributed by atoms with E-state index in [4.69, 9.17) is 14.6 Å². The summed E-state index contributed by atoms with van der Waals surface area (Å²) in [7, 11) is 0. The summed E-state index contributed by atoms with van der Waals surface area (Å²) in [5.74, 6) is -0.0146. The second-order valence-electron chi connectivity index (χ2n) is 16.6. The minimum atomic E-state index is -0.899. The van der Waals surface area contributed by atoms with Crippen molar-refractivity contribution in [3.63, 3.8) is 0 Å². The number of carboxylic acids is 1. The van der Waals surface area contributed by atoms with Crippen LogP contribution in [-0.2, 0) is 9.53 Å². The van der Waals surface area contributed by atoms with Crippen molar-refractivity contribution in [3.05, 3.63) is 54.1 Å². The van der Waals surface area contributed by atoms with Crippen molar-refractivity contribution in [3.8, 4) is 5.75 Å². The summed E-state index contributed by atoms with van der Waals surface area (Å²) < 4.78 is 12.1. The molecule has 2 atom stereocenters. The molecule has 0 saturated heterocycles. The molecule has 0 radical (unpaired) electrons. The number of Topliss-reactive ketones (excluding diaryl/α,β-unsaturated/α-hetero) is 1. The fourth-order valence-corrected chi connectivity index (χ4v) is 7.66. The summed E-state index contributed by atoms with van der Waals surface area (Å²) >= 11 is 0. The lowest BCUT2D eigenvalue weighted by Gasteiger charge is -2.33. The van der Waals surface area contributed by atoms with E-state index in [9.17, 15) is 9.59 Å². The molecule has 322 valence electrons. The monoisotopic (exact) mass is 781 g/mol. The standard InChI is InChI=1S/C26H46O2.C25H42O3/c1-4-6-7-8-9-10-11-12-13-14-15-17-21-25(20-5-2)28-26(24(3)27)22-18-16-19-23-26;1-2-3-4-5-6-7-8-9-10-11-12-13-14-15-16-17-22-28-24-20-18-23(19-21-24)25(26)27/h16,18-19,22,25H,4-15,17,20-21,23H2,1-3H3;18-21H,2-17,22H2,1H3,(H,26,27). The second-order valence-corrected chi connectivity index (χ2v) is 16.6. The van der Waals surface area contributed by atoms with E-state index < -0.39 is 11.6 Å². The molecule has 0 fully saturated rings. The van der Waals surface area contributed by atoms with Crippen molar-refractivity contribution in [1.29, 1.82) is 0 Å². The molecular weight excluding hydrogens is 693 g/mol. The Hall–Kier alpha value is -2.40. The van der Waals surface area contributed by atoms with Gasteiger partial charge in [0.25, 0.3) is 0 Å². The zero-order valence-corrected chi connectivity index (χ0v) is 37.1. The number of carboxylic acid groups (broad SMARTS) is 1. The van der Waals surface area contributed by atoms with Crippen LogP contribution < -0.4 is 4.74 Å². The average Bonchev–Trinajstić information content (AvgIpc) is 3.20. The summed E-state index contributed by atoms with van der Waals surface area (Å²) in [4.78, 5) is 23.0. The Balaban J connectivity index is 0.000000560. The Morgan fingerprint density at radius 2 is 1.00 bits per heavy atom. The summed E-state index contributed by atoms with van der Waals surface area (Å²) in [6, 6.07) is 6.64. The van der Waals surface area contributed by atoms with Crippen LogP contribution in [0.1, 0.15) is 244 Å². The number of benzene rings is 1. The quantitative estimate of drug-likeness (QED) is 0.0681. The van der Waals surface area contributed by atoms with Crippen LogP contribution >= 0.6 is 0 Å². The van der Waals surface area contributed by atoms with Gasteiger partial charge in [-0.1, -0.05) is 219 Å². The van der Waals surface area contributed by atoms with Crippen molar-refractivity contribution in [2.75, 3.05) is 6.61 Å². The molecule has 0 aliphatic heterocycles. The third-order valence-electron chi connectivity index (χ3n) is 11.4. The van der Waals surface area contributed by atoms with Gasteiger partial charge in [0.2, 0.25) is 0 Å². The number of allylic oxidation sites excluding steroid dienone is 2. The maximum absolute atomic E-state index is 12.2. The number of carbonyl (C=O) groups excluding carboxylic acids is 1. The summed E-state index contributed by atoms with van der Waals surface area (Å²) in [5.41, 5.74) is -0.416. The highest BCUT2D eigenvalue weighted by Crippen LogP contribution is 2.29. The van der Waals surface area contributed by atoms with E-state index >= 15 is 0 Å². The van der Waals surface area contributed by atoms with Gasteiger partial charge in [0.05, 0.1) is 18.3 Å². The molecular formula is C51H88O5. The Morgan fingerprint density at radius 3 is 1.38 bits per heavy atom. The van der Waals surface area contributed by atoms with Gasteiger partial charge in [0, 0.05) is 6.42 Å². The SMILES string of the molecule is CCCCCCCCCCCCCCC(CCC)OC1(C(C)=O)C=CC=CC1.CCCCCCCCCCCCCCCCCCOc1ccc(C(=O)O)cc1. The molecule has 5 heteroatoms. The normalized spacial score (nSPS) is 15.4. The Labute approximate surface area is 346 Å². The molecule has 0 saturated carbocycles. The van der Waals surface area contributed by atoms with Gasteiger partial charge in [0.1, 0.15) is 11.4 Å². The molecule has 0 heterocycles. The zero-order valence-electron chi connectivity index (χ0n) is 37.1. The van der Waals surface area contributed by atoms with E-state index in [1.165, 1.54) is 173 Å². The van der Waals surface area contributed by atoms with E-state index in [1.807, 2.05) is 24.3 Å². The van der Waals surface area contributed by atoms with Gasteiger partial charge < -0.3 is 14.6 Å². The largest absolute Gasteiger partial charge is 0.494 e. The van der Waals surface area contributed by atoms with Crippen LogP contribution in [-0.4, -0.2) is 35.2 Å². The number of unbranched alkanes of at least 4 members (excludes halogenated alkanes) is 26. The number of hydrogen-bond acceptors (Lipinski definition) is 4. The van der Waals surface area contributed by atoms with E-state index in [0.29, 0.717) is 18.6 Å². The molecule has 56 heavy (non-hydrogen) atoms. The molecule has 1 aliphatic carbocycles. The summed E-state index contributed by atoms with van der Waals surface area (Å²) in [5, 5.41) is 8.87. The third kappa shape index (κ3) is 28.1. The van der Waals surface area contributed by atoms with Gasteiger partial charge >= 0.3 is 5.97 Å². The Morgan fingerprint density at radius 1 is 0.571 bits per heavy atom. The zero-order chi connectivity index (χ0) is 40.8. The Kier molecular flexibility index (Phi) is 34.0. The van der Waals surface area contributed by atoms with Gasteiger partial charge in [0.15, 0.2) is 5.78 Å². The number of ketones is 1. The first kappa shape index (κ1) is 51.6. The number of rotatable bonds is 37. The first-order valence-electron chi connectivity index (χ1n) is 23.9. The summed E-state index contributed by atoms with van der Waals surface area (Å²) in [6.45, 7) is 9.14. The predicted octanol–water partition coefficient (Wildman–Crippen LogP) is 16.1. The molecule has 2 rings (SSSR count). The molecule has 5 nitrogen and oxygen atoms in total. The van der Waals surface area contributed by atoms with Gasteiger partial charge in [-0.25, -0.2) is 4.79 Å². The van der Waals surface area contributed by atoms with Crippen molar-refractivity contribution in [1.82, 2.24) is 0 Å². The lowest BCUT2D eigenvalue weighted by molar-refractivity contribution is -0.143. The minimum Gasteiger partial charge on any atom is -0.494 e. The molecule has 2 unspecified atom stereocenters. The van der Waals surface area contributed by atoms with E-state index in [-0.39, 0.29) is 11.9 Å². The Bertz CT molecular complexity index is 1110. The second kappa shape index (κ2) is 36.9. The molecule has 0 amide bonds. The van der Waals surface area contributed by atoms with Crippen LogP contribution in [0.4, 0.5) is 0 Å². The first-order chi connectivity index (χ1) is 27.4. The highest BCUT2D eigenvalue weighted by Gasteiger charge is 2.35. The fourth-order valence-electron chi connectivity index (χ4n) is 7.66. The number of aromatic carboxylic acids is 1. The topological polar surface area (TPSA) is 72.8 Å². The maximum Gasteiger partial charge on any atom is 0.335 e. The predicted molar refractivity (Wildman–Crippen MR) is 240 cm³/mol. The highest BCUT2D eigenvalue weighted by molar-refractivity contribution is 5.88. The van der Waals surface area contributed by atoms with E-state index in [0.717, 1.165) is 31.4 Å². The van der Waals surface area contributed by atoms with Gasteiger partial charge in [-0.15, -0.1) is 0 Å². The van der Waals surface area contributed by atoms with Gasteiger partial charge in [-0.05, 0) is 56.5 Å².